The van der Waals surface area contributed by atoms with Crippen molar-refractivity contribution < 1.29 is 17.7 Å². The van der Waals surface area contributed by atoms with E-state index < -0.39 is 0 Å². The van der Waals surface area contributed by atoms with Crippen molar-refractivity contribution in [2.45, 2.75) is 0 Å². The molecule has 0 atom stereocenters. The Bertz CT molecular complexity index is 3160. The van der Waals surface area contributed by atoms with Crippen LogP contribution in [0.1, 0.15) is 0 Å². The minimum Gasteiger partial charge on any atom is -0.456 e. The van der Waals surface area contributed by atoms with E-state index >= 15 is 0 Å². The monoisotopic (exact) mass is 640 g/mol. The highest BCUT2D eigenvalue weighted by molar-refractivity contribution is 6.17. The van der Waals surface area contributed by atoms with Gasteiger partial charge in [0.05, 0.1) is 0 Å². The van der Waals surface area contributed by atoms with E-state index in [-0.39, 0.29) is 0 Å². The fourth-order valence-corrected chi connectivity index (χ4v) is 8.08. The molecule has 12 rings (SSSR count). The standard InChI is InChI=1S/C46H24O4/c1-3-13-39-31(7-1)35-11-5-9-29(45(35)49-39)25-15-17-33-37-19-27-20-38-34-18-16-26(30-10-6-12-36-32-8-2-4-14-40(32)50-46(30)36)22-42(34)48-44(38)24-28(27)23-43(37)47-41(33)21-25/h1-24H. The largest absolute Gasteiger partial charge is 0.456 e. The van der Waals surface area contributed by atoms with Gasteiger partial charge in [0.25, 0.3) is 0 Å². The summed E-state index contributed by atoms with van der Waals surface area (Å²) in [5.41, 5.74) is 11.2. The van der Waals surface area contributed by atoms with Crippen LogP contribution in [0.3, 0.4) is 0 Å². The molecule has 4 heterocycles. The zero-order chi connectivity index (χ0) is 32.5. The van der Waals surface area contributed by atoms with Crippen molar-refractivity contribution in [1.29, 1.82) is 0 Å². The Morgan fingerprint density at radius 1 is 0.260 bits per heavy atom. The average Bonchev–Trinajstić information content (AvgIpc) is 3.91. The fraction of sp³-hybridized carbons (Fsp3) is 0. The Kier molecular flexibility index (Phi) is 4.94. The summed E-state index contributed by atoms with van der Waals surface area (Å²) >= 11 is 0. The van der Waals surface area contributed by atoms with Crippen LogP contribution in [0.4, 0.5) is 0 Å². The number of hydrogen-bond acceptors (Lipinski definition) is 4. The molecule has 0 radical (unpaired) electrons. The van der Waals surface area contributed by atoms with Gasteiger partial charge in [-0.05, 0) is 82.6 Å². The summed E-state index contributed by atoms with van der Waals surface area (Å²) in [7, 11) is 0. The van der Waals surface area contributed by atoms with Crippen LogP contribution in [0.5, 0.6) is 0 Å². The van der Waals surface area contributed by atoms with Crippen LogP contribution in [-0.4, -0.2) is 0 Å². The van der Waals surface area contributed by atoms with Crippen LogP contribution < -0.4 is 0 Å². The first-order valence-corrected chi connectivity index (χ1v) is 16.8. The summed E-state index contributed by atoms with van der Waals surface area (Å²) in [6, 6.07) is 50.7. The van der Waals surface area contributed by atoms with Crippen LogP contribution in [0.2, 0.25) is 0 Å². The molecule has 0 saturated heterocycles. The topological polar surface area (TPSA) is 52.6 Å². The maximum atomic E-state index is 6.52. The third kappa shape index (κ3) is 3.54. The molecule has 4 aromatic heterocycles. The van der Waals surface area contributed by atoms with E-state index in [1.54, 1.807) is 0 Å². The molecular weight excluding hydrogens is 617 g/mol. The van der Waals surface area contributed by atoms with Gasteiger partial charge in [-0.2, -0.15) is 0 Å². The van der Waals surface area contributed by atoms with Gasteiger partial charge in [0, 0.05) is 54.2 Å². The number of furan rings is 4. The number of hydrogen-bond donors (Lipinski definition) is 0. The van der Waals surface area contributed by atoms with Gasteiger partial charge < -0.3 is 17.7 Å². The first kappa shape index (κ1) is 26.2. The second kappa shape index (κ2) is 9.43. The number of para-hydroxylation sites is 4. The quantitative estimate of drug-likeness (QED) is 0.189. The predicted octanol–water partition coefficient (Wildman–Crippen LogP) is 13.8. The van der Waals surface area contributed by atoms with Crippen molar-refractivity contribution in [2.75, 3.05) is 0 Å². The van der Waals surface area contributed by atoms with Crippen molar-refractivity contribution >= 4 is 98.5 Å². The summed E-state index contributed by atoms with van der Waals surface area (Å²) in [5, 5.41) is 11.1. The molecule has 4 nitrogen and oxygen atoms in total. The van der Waals surface area contributed by atoms with Gasteiger partial charge >= 0.3 is 0 Å². The smallest absolute Gasteiger partial charge is 0.143 e. The first-order chi connectivity index (χ1) is 24.7. The van der Waals surface area contributed by atoms with Crippen molar-refractivity contribution in [1.82, 2.24) is 0 Å². The van der Waals surface area contributed by atoms with Crippen molar-refractivity contribution in [3.05, 3.63) is 146 Å². The van der Waals surface area contributed by atoms with Crippen LogP contribution >= 0.6 is 0 Å². The Hall–Kier alpha value is -6.78. The van der Waals surface area contributed by atoms with Crippen molar-refractivity contribution in [3.63, 3.8) is 0 Å². The molecular formula is C46H24O4. The molecule has 4 heteroatoms. The van der Waals surface area contributed by atoms with E-state index in [2.05, 4.69) is 121 Å². The molecule has 0 N–H and O–H groups in total. The zero-order valence-electron chi connectivity index (χ0n) is 26.5. The molecule has 232 valence electrons. The van der Waals surface area contributed by atoms with Gasteiger partial charge in [0.15, 0.2) is 0 Å². The van der Waals surface area contributed by atoms with Crippen LogP contribution in [-0.2, 0) is 0 Å². The van der Waals surface area contributed by atoms with Crippen LogP contribution in [0, 0.1) is 0 Å². The van der Waals surface area contributed by atoms with Gasteiger partial charge in [0.1, 0.15) is 44.7 Å². The fourth-order valence-electron chi connectivity index (χ4n) is 8.08. The molecule has 0 amide bonds. The maximum Gasteiger partial charge on any atom is 0.143 e. The minimum atomic E-state index is 0.849. The second-order valence-electron chi connectivity index (χ2n) is 13.2. The summed E-state index contributed by atoms with van der Waals surface area (Å²) in [4.78, 5) is 0. The molecule has 0 aliphatic rings. The van der Waals surface area contributed by atoms with Gasteiger partial charge in [-0.25, -0.2) is 0 Å². The highest BCUT2D eigenvalue weighted by Crippen LogP contribution is 2.42. The van der Waals surface area contributed by atoms with E-state index in [0.717, 1.165) is 121 Å². The average molecular weight is 641 g/mol. The molecule has 0 bridgehead atoms. The first-order valence-electron chi connectivity index (χ1n) is 16.8. The van der Waals surface area contributed by atoms with Gasteiger partial charge in [-0.3, -0.25) is 0 Å². The number of rotatable bonds is 2. The molecule has 8 aromatic carbocycles. The molecule has 0 unspecified atom stereocenters. The van der Waals surface area contributed by atoms with Gasteiger partial charge in [0.2, 0.25) is 0 Å². The lowest BCUT2D eigenvalue weighted by molar-refractivity contribution is 0.668. The summed E-state index contributed by atoms with van der Waals surface area (Å²) in [6.07, 6.45) is 0. The lowest BCUT2D eigenvalue weighted by Crippen LogP contribution is -1.79. The Morgan fingerprint density at radius 3 is 1.20 bits per heavy atom. The third-order valence-corrected chi connectivity index (χ3v) is 10.5. The predicted molar refractivity (Wildman–Crippen MR) is 204 cm³/mol. The SMILES string of the molecule is c1ccc2c(c1)oc1c(-c3ccc4c(c3)oc3cc5cc6oc7cc(-c8cccc9c8oc8ccccc89)ccc7c6cc5cc34)cccc12. The van der Waals surface area contributed by atoms with Gasteiger partial charge in [-0.15, -0.1) is 0 Å². The van der Waals surface area contributed by atoms with E-state index in [0.29, 0.717) is 0 Å². The molecule has 0 aliphatic carbocycles. The lowest BCUT2D eigenvalue weighted by atomic mass is 9.99. The Balaban J connectivity index is 0.984. The molecule has 12 aromatic rings. The Morgan fingerprint density at radius 2 is 0.680 bits per heavy atom. The molecule has 0 aliphatic heterocycles. The van der Waals surface area contributed by atoms with E-state index in [9.17, 15) is 0 Å². The zero-order valence-corrected chi connectivity index (χ0v) is 26.5. The normalized spacial score (nSPS) is 12.4. The van der Waals surface area contributed by atoms with E-state index in [1.165, 1.54) is 0 Å². The summed E-state index contributed by atoms with van der Waals surface area (Å²) in [5.74, 6) is 0. The van der Waals surface area contributed by atoms with E-state index in [1.807, 2.05) is 24.3 Å². The molecule has 0 saturated carbocycles. The third-order valence-electron chi connectivity index (χ3n) is 10.5. The van der Waals surface area contributed by atoms with Gasteiger partial charge in [-0.1, -0.05) is 84.9 Å². The number of benzene rings is 8. The van der Waals surface area contributed by atoms with Crippen LogP contribution in [0.25, 0.3) is 121 Å². The highest BCUT2D eigenvalue weighted by Gasteiger charge is 2.17. The summed E-state index contributed by atoms with van der Waals surface area (Å²) in [6.45, 7) is 0. The molecule has 0 fully saturated rings. The number of fused-ring (bicyclic) bond motifs is 13. The summed E-state index contributed by atoms with van der Waals surface area (Å²) < 4.78 is 25.7. The van der Waals surface area contributed by atoms with Crippen molar-refractivity contribution in [3.8, 4) is 22.3 Å². The van der Waals surface area contributed by atoms with Crippen molar-refractivity contribution in [2.24, 2.45) is 0 Å². The molecule has 50 heavy (non-hydrogen) atoms. The van der Waals surface area contributed by atoms with E-state index in [4.69, 9.17) is 17.7 Å². The lowest BCUT2D eigenvalue weighted by Gasteiger charge is -2.03. The Labute approximate surface area is 283 Å². The maximum absolute atomic E-state index is 6.52. The second-order valence-corrected chi connectivity index (χ2v) is 13.2. The molecule has 0 spiro atoms. The van der Waals surface area contributed by atoms with Crippen LogP contribution in [0.15, 0.2) is 163 Å². The minimum absolute atomic E-state index is 0.849. The highest BCUT2D eigenvalue weighted by atomic mass is 16.3.